The second-order valence-corrected chi connectivity index (χ2v) is 5.39. The average Bonchev–Trinajstić information content (AvgIpc) is 2.86. The molecule has 0 spiro atoms. The lowest BCUT2D eigenvalue weighted by molar-refractivity contribution is 0.102. The minimum atomic E-state index is -0.306. The summed E-state index contributed by atoms with van der Waals surface area (Å²) in [6, 6.07) is 5.31. The van der Waals surface area contributed by atoms with Crippen LogP contribution in [0.2, 0.25) is 0 Å². The number of aromatic nitrogens is 2. The molecule has 6 nitrogen and oxygen atoms in total. The average molecular weight is 343 g/mol. The number of rotatable bonds is 4. The van der Waals surface area contributed by atoms with Gasteiger partial charge in [0.05, 0.1) is 7.11 Å². The lowest BCUT2D eigenvalue weighted by Gasteiger charge is -2.06. The van der Waals surface area contributed by atoms with Gasteiger partial charge in [0.15, 0.2) is 0 Å². The second-order valence-electron chi connectivity index (χ2n) is 3.50. The number of halogens is 1. The number of methoxy groups -OCH3 is 1. The first-order chi connectivity index (χ1) is 9.12. The third kappa shape index (κ3) is 3.42. The van der Waals surface area contributed by atoms with E-state index in [0.717, 1.165) is 4.47 Å². The third-order valence-corrected chi connectivity index (χ3v) is 3.60. The van der Waals surface area contributed by atoms with E-state index in [0.29, 0.717) is 21.6 Å². The molecule has 0 fully saturated rings. The van der Waals surface area contributed by atoms with Gasteiger partial charge in [-0.3, -0.25) is 4.79 Å². The van der Waals surface area contributed by atoms with E-state index in [1.807, 2.05) is 0 Å². The first-order valence-corrected chi connectivity index (χ1v) is 6.90. The number of ether oxygens (including phenoxy) is 1. The van der Waals surface area contributed by atoms with Crippen molar-refractivity contribution in [3.8, 4) is 5.75 Å². The number of carbonyl (C=O) groups excluding carboxylic acids is 1. The Morgan fingerprint density at radius 3 is 2.79 bits per heavy atom. The van der Waals surface area contributed by atoms with Crippen molar-refractivity contribution in [2.24, 2.45) is 0 Å². The Balaban J connectivity index is 2.16. The molecular formula is C11H11BrN4O2S. The molecule has 2 rings (SSSR count). The highest BCUT2D eigenvalue weighted by molar-refractivity contribution is 9.10. The van der Waals surface area contributed by atoms with E-state index in [1.54, 1.807) is 32.4 Å². The first kappa shape index (κ1) is 13.8. The van der Waals surface area contributed by atoms with Crippen LogP contribution in [-0.4, -0.2) is 30.3 Å². The molecule has 0 saturated heterocycles. The fourth-order valence-corrected chi connectivity index (χ4v) is 2.42. The summed E-state index contributed by atoms with van der Waals surface area (Å²) in [5.74, 6) is 0.344. The summed E-state index contributed by atoms with van der Waals surface area (Å²) in [5, 5.41) is 14.1. The van der Waals surface area contributed by atoms with Crippen LogP contribution in [0.5, 0.6) is 5.75 Å². The van der Waals surface area contributed by atoms with Crippen molar-refractivity contribution in [2.75, 3.05) is 24.8 Å². The van der Waals surface area contributed by atoms with Crippen molar-refractivity contribution in [3.63, 3.8) is 0 Å². The minimum absolute atomic E-state index is 0.295. The number of carbonyl (C=O) groups is 1. The molecule has 100 valence electrons. The van der Waals surface area contributed by atoms with Crippen LogP contribution in [-0.2, 0) is 0 Å². The summed E-state index contributed by atoms with van der Waals surface area (Å²) in [5.41, 5.74) is 0.623. The van der Waals surface area contributed by atoms with Gasteiger partial charge in [0.2, 0.25) is 10.1 Å². The van der Waals surface area contributed by atoms with Crippen molar-refractivity contribution in [1.29, 1.82) is 0 Å². The Morgan fingerprint density at radius 2 is 2.16 bits per heavy atom. The molecule has 0 aliphatic carbocycles. The Kier molecular flexibility index (Phi) is 4.33. The van der Waals surface area contributed by atoms with E-state index in [2.05, 4.69) is 36.8 Å². The van der Waals surface area contributed by atoms with Gasteiger partial charge >= 0.3 is 0 Å². The molecule has 8 heteroatoms. The molecular weight excluding hydrogens is 332 g/mol. The van der Waals surface area contributed by atoms with Crippen LogP contribution in [0.4, 0.5) is 10.8 Å². The first-order valence-electron chi connectivity index (χ1n) is 5.29. The van der Waals surface area contributed by atoms with Gasteiger partial charge in [-0.2, -0.15) is 0 Å². The van der Waals surface area contributed by atoms with E-state index in [4.69, 9.17) is 4.74 Å². The number of anilines is 2. The number of amides is 1. The summed E-state index contributed by atoms with van der Waals surface area (Å²) >= 11 is 4.53. The zero-order chi connectivity index (χ0) is 13.8. The van der Waals surface area contributed by atoms with Gasteiger partial charge in [0.1, 0.15) is 5.75 Å². The molecule has 0 radical (unpaired) electrons. The lowest BCUT2D eigenvalue weighted by Crippen LogP contribution is -2.11. The highest BCUT2D eigenvalue weighted by Gasteiger charge is 2.13. The fourth-order valence-electron chi connectivity index (χ4n) is 1.35. The molecule has 1 heterocycles. The summed E-state index contributed by atoms with van der Waals surface area (Å²) < 4.78 is 5.94. The Morgan fingerprint density at radius 1 is 1.37 bits per heavy atom. The number of nitrogens with zero attached hydrogens (tertiary/aromatic N) is 2. The molecule has 0 aliphatic heterocycles. The van der Waals surface area contributed by atoms with E-state index in [-0.39, 0.29) is 5.91 Å². The second kappa shape index (κ2) is 5.98. The highest BCUT2D eigenvalue weighted by Crippen LogP contribution is 2.25. The molecule has 0 aliphatic rings. The maximum atomic E-state index is 12.0. The summed E-state index contributed by atoms with van der Waals surface area (Å²) in [6.45, 7) is 0. The molecule has 19 heavy (non-hydrogen) atoms. The molecule has 0 saturated carbocycles. The van der Waals surface area contributed by atoms with Crippen LogP contribution in [0.15, 0.2) is 22.7 Å². The number of nitrogens with one attached hydrogen (secondary N) is 2. The van der Waals surface area contributed by atoms with Gasteiger partial charge in [0, 0.05) is 23.3 Å². The molecule has 1 amide bonds. The van der Waals surface area contributed by atoms with Crippen molar-refractivity contribution in [1.82, 2.24) is 10.2 Å². The van der Waals surface area contributed by atoms with E-state index < -0.39 is 0 Å². The van der Waals surface area contributed by atoms with Gasteiger partial charge in [-0.1, -0.05) is 27.3 Å². The quantitative estimate of drug-likeness (QED) is 0.893. The van der Waals surface area contributed by atoms with Crippen molar-refractivity contribution >= 4 is 44.0 Å². The zero-order valence-corrected chi connectivity index (χ0v) is 12.6. The molecule has 1 aromatic carbocycles. The largest absolute Gasteiger partial charge is 0.497 e. The van der Waals surface area contributed by atoms with E-state index in [9.17, 15) is 4.79 Å². The van der Waals surface area contributed by atoms with Crippen LogP contribution in [0, 0.1) is 0 Å². The molecule has 0 atom stereocenters. The zero-order valence-electron chi connectivity index (χ0n) is 10.2. The predicted octanol–water partition coefficient (Wildman–Crippen LogP) is 2.60. The van der Waals surface area contributed by atoms with Crippen LogP contribution in [0.3, 0.4) is 0 Å². The minimum Gasteiger partial charge on any atom is -0.497 e. The molecule has 0 bridgehead atoms. The number of benzene rings is 1. The lowest BCUT2D eigenvalue weighted by atomic mass is 10.3. The standard InChI is InChI=1S/C11H11BrN4O2S/c1-13-11-16-15-10(19-11)9(17)14-7-3-6(12)4-8(5-7)18-2/h3-5H,1-2H3,(H,13,16)(H,14,17). The van der Waals surface area contributed by atoms with Crippen molar-refractivity contribution in [2.45, 2.75) is 0 Å². The maximum Gasteiger partial charge on any atom is 0.286 e. The topological polar surface area (TPSA) is 76.1 Å². The maximum absolute atomic E-state index is 12.0. The van der Waals surface area contributed by atoms with Gasteiger partial charge in [-0.05, 0) is 12.1 Å². The van der Waals surface area contributed by atoms with Gasteiger partial charge in [-0.25, -0.2) is 0 Å². The van der Waals surface area contributed by atoms with Crippen LogP contribution < -0.4 is 15.4 Å². The third-order valence-electron chi connectivity index (χ3n) is 2.20. The Labute approximate surface area is 122 Å². The smallest absolute Gasteiger partial charge is 0.286 e. The Bertz CT molecular complexity index is 602. The monoisotopic (exact) mass is 342 g/mol. The predicted molar refractivity (Wildman–Crippen MR) is 78.1 cm³/mol. The SMILES string of the molecule is CNc1nnc(C(=O)Nc2cc(Br)cc(OC)c2)s1. The summed E-state index contributed by atoms with van der Waals surface area (Å²) in [7, 11) is 3.29. The summed E-state index contributed by atoms with van der Waals surface area (Å²) in [4.78, 5) is 12.0. The van der Waals surface area contributed by atoms with Gasteiger partial charge in [0.25, 0.3) is 5.91 Å². The highest BCUT2D eigenvalue weighted by atomic mass is 79.9. The number of hydrogen-bond donors (Lipinski definition) is 2. The van der Waals surface area contributed by atoms with Gasteiger partial charge in [-0.15, -0.1) is 10.2 Å². The van der Waals surface area contributed by atoms with Crippen molar-refractivity contribution in [3.05, 3.63) is 27.7 Å². The van der Waals surface area contributed by atoms with Crippen LogP contribution in [0.25, 0.3) is 0 Å². The van der Waals surface area contributed by atoms with Crippen molar-refractivity contribution < 1.29 is 9.53 Å². The number of hydrogen-bond acceptors (Lipinski definition) is 6. The molecule has 0 unspecified atom stereocenters. The molecule has 1 aromatic heterocycles. The fraction of sp³-hybridized carbons (Fsp3) is 0.182. The molecule has 2 N–H and O–H groups in total. The van der Waals surface area contributed by atoms with Gasteiger partial charge < -0.3 is 15.4 Å². The Hall–Kier alpha value is -1.67. The normalized spacial score (nSPS) is 10.1. The van der Waals surface area contributed by atoms with Crippen LogP contribution in [0.1, 0.15) is 9.80 Å². The van der Waals surface area contributed by atoms with E-state index in [1.165, 1.54) is 11.3 Å². The molecule has 2 aromatic rings. The van der Waals surface area contributed by atoms with Crippen LogP contribution >= 0.6 is 27.3 Å². The summed E-state index contributed by atoms with van der Waals surface area (Å²) in [6.07, 6.45) is 0. The van der Waals surface area contributed by atoms with E-state index >= 15 is 0 Å².